The van der Waals surface area contributed by atoms with E-state index in [-0.39, 0.29) is 6.42 Å². The summed E-state index contributed by atoms with van der Waals surface area (Å²) in [7, 11) is 1.90. The fourth-order valence-corrected chi connectivity index (χ4v) is 4.58. The predicted octanol–water partition coefficient (Wildman–Crippen LogP) is 4.85. The highest BCUT2D eigenvalue weighted by atomic mass is 32.2. The quantitative estimate of drug-likeness (QED) is 0.660. The minimum Gasteiger partial charge on any atom is -0.481 e. The van der Waals surface area contributed by atoms with Crippen LogP contribution in [0.2, 0.25) is 0 Å². The molecular weight excluding hydrogens is 382 g/mol. The maximum Gasteiger partial charge on any atom is 0.307 e. The molecule has 1 aliphatic rings. The second-order valence-electron chi connectivity index (χ2n) is 8.54. The van der Waals surface area contributed by atoms with Gasteiger partial charge in [-0.15, -0.1) is 0 Å². The molecule has 1 aliphatic heterocycles. The number of hydrogen-bond acceptors (Lipinski definition) is 5. The number of carbonyl (C=O) groups is 1. The SMILES string of the molecule is CNSc1ccc(-c2c(C)nc(C)c(CC(=O)O)c2N2CCC(C)(C)CC2)cc1. The van der Waals surface area contributed by atoms with E-state index in [1.807, 2.05) is 20.9 Å². The van der Waals surface area contributed by atoms with Crippen LogP contribution in [-0.2, 0) is 11.2 Å². The van der Waals surface area contributed by atoms with E-state index >= 15 is 0 Å². The second kappa shape index (κ2) is 8.76. The van der Waals surface area contributed by atoms with Crippen molar-refractivity contribution < 1.29 is 9.90 Å². The van der Waals surface area contributed by atoms with Gasteiger partial charge in [-0.1, -0.05) is 26.0 Å². The Morgan fingerprint density at radius 3 is 2.34 bits per heavy atom. The number of hydrogen-bond donors (Lipinski definition) is 2. The van der Waals surface area contributed by atoms with Crippen molar-refractivity contribution in [3.8, 4) is 11.1 Å². The molecule has 2 heterocycles. The zero-order chi connectivity index (χ0) is 21.2. The molecule has 0 unspecified atom stereocenters. The maximum absolute atomic E-state index is 11.7. The first-order valence-corrected chi connectivity index (χ1v) is 10.9. The van der Waals surface area contributed by atoms with Crippen LogP contribution in [0, 0.1) is 19.3 Å². The first-order valence-electron chi connectivity index (χ1n) is 10.1. The Bertz CT molecular complexity index is 884. The van der Waals surface area contributed by atoms with E-state index in [2.05, 4.69) is 47.7 Å². The highest BCUT2D eigenvalue weighted by Gasteiger charge is 2.30. The number of anilines is 1. The number of aliphatic carboxylic acids is 1. The minimum atomic E-state index is -0.816. The molecular formula is C23H31N3O2S. The van der Waals surface area contributed by atoms with Crippen molar-refractivity contribution in [1.29, 1.82) is 0 Å². The number of carboxylic acid groups (broad SMARTS) is 1. The van der Waals surface area contributed by atoms with Crippen LogP contribution in [0.15, 0.2) is 29.2 Å². The molecule has 1 aromatic heterocycles. The summed E-state index contributed by atoms with van der Waals surface area (Å²) in [5, 5.41) is 9.57. The van der Waals surface area contributed by atoms with Crippen LogP contribution in [0.25, 0.3) is 11.1 Å². The molecule has 156 valence electrons. The van der Waals surface area contributed by atoms with E-state index in [1.165, 1.54) is 0 Å². The lowest BCUT2D eigenvalue weighted by Crippen LogP contribution is -2.38. The molecule has 3 rings (SSSR count). The van der Waals surface area contributed by atoms with E-state index in [0.717, 1.165) is 64.6 Å². The summed E-state index contributed by atoms with van der Waals surface area (Å²) in [6, 6.07) is 8.41. The Balaban J connectivity index is 2.14. The van der Waals surface area contributed by atoms with Gasteiger partial charge in [-0.25, -0.2) is 0 Å². The normalized spacial score (nSPS) is 16.1. The summed E-state index contributed by atoms with van der Waals surface area (Å²) in [6.07, 6.45) is 2.18. The molecule has 5 nitrogen and oxygen atoms in total. The van der Waals surface area contributed by atoms with Gasteiger partial charge in [-0.05, 0) is 68.8 Å². The average molecular weight is 414 g/mol. The van der Waals surface area contributed by atoms with Gasteiger partial charge in [-0.3, -0.25) is 14.5 Å². The third-order valence-electron chi connectivity index (χ3n) is 5.78. The van der Waals surface area contributed by atoms with Gasteiger partial charge in [-0.2, -0.15) is 0 Å². The van der Waals surface area contributed by atoms with Crippen molar-refractivity contribution in [2.75, 3.05) is 25.0 Å². The van der Waals surface area contributed by atoms with Crippen LogP contribution in [0.4, 0.5) is 5.69 Å². The Morgan fingerprint density at radius 2 is 1.79 bits per heavy atom. The molecule has 0 amide bonds. The van der Waals surface area contributed by atoms with E-state index in [0.29, 0.717) is 5.41 Å². The minimum absolute atomic E-state index is 0.00493. The molecule has 29 heavy (non-hydrogen) atoms. The predicted molar refractivity (Wildman–Crippen MR) is 121 cm³/mol. The van der Waals surface area contributed by atoms with E-state index in [9.17, 15) is 9.90 Å². The van der Waals surface area contributed by atoms with Crippen LogP contribution < -0.4 is 9.62 Å². The molecule has 0 radical (unpaired) electrons. The van der Waals surface area contributed by atoms with Gasteiger partial charge < -0.3 is 10.0 Å². The molecule has 1 fully saturated rings. The monoisotopic (exact) mass is 413 g/mol. The smallest absolute Gasteiger partial charge is 0.307 e. The van der Waals surface area contributed by atoms with E-state index in [1.54, 1.807) is 11.9 Å². The summed E-state index contributed by atoms with van der Waals surface area (Å²) < 4.78 is 3.09. The molecule has 0 aliphatic carbocycles. The highest BCUT2D eigenvalue weighted by Crippen LogP contribution is 2.41. The van der Waals surface area contributed by atoms with Gasteiger partial charge in [0.05, 0.1) is 12.1 Å². The van der Waals surface area contributed by atoms with Crippen molar-refractivity contribution in [3.63, 3.8) is 0 Å². The summed E-state index contributed by atoms with van der Waals surface area (Å²) in [5.41, 5.74) is 6.14. The van der Waals surface area contributed by atoms with Crippen LogP contribution in [0.3, 0.4) is 0 Å². The maximum atomic E-state index is 11.7. The number of aromatic nitrogens is 1. The van der Waals surface area contributed by atoms with Crippen molar-refractivity contribution in [1.82, 2.24) is 9.71 Å². The fourth-order valence-electron chi connectivity index (χ4n) is 4.07. The summed E-state index contributed by atoms with van der Waals surface area (Å²) >= 11 is 1.58. The largest absolute Gasteiger partial charge is 0.481 e. The van der Waals surface area contributed by atoms with Crippen LogP contribution in [-0.4, -0.2) is 36.2 Å². The summed E-state index contributed by atoms with van der Waals surface area (Å²) in [5.74, 6) is -0.816. The molecule has 2 aromatic rings. The Morgan fingerprint density at radius 1 is 1.17 bits per heavy atom. The van der Waals surface area contributed by atoms with Gasteiger partial charge >= 0.3 is 5.97 Å². The number of rotatable bonds is 6. The molecule has 0 bridgehead atoms. The zero-order valence-corrected chi connectivity index (χ0v) is 18.8. The summed E-state index contributed by atoms with van der Waals surface area (Å²) in [4.78, 5) is 19.9. The third-order valence-corrected chi connectivity index (χ3v) is 6.49. The molecule has 0 spiro atoms. The molecule has 1 saturated heterocycles. The van der Waals surface area contributed by atoms with Crippen molar-refractivity contribution in [3.05, 3.63) is 41.2 Å². The first kappa shape index (κ1) is 21.7. The fraction of sp³-hybridized carbons (Fsp3) is 0.478. The van der Waals surface area contributed by atoms with Gasteiger partial charge in [0.2, 0.25) is 0 Å². The summed E-state index contributed by atoms with van der Waals surface area (Å²) in [6.45, 7) is 10.4. The zero-order valence-electron chi connectivity index (χ0n) is 18.0. The molecule has 0 atom stereocenters. The third kappa shape index (κ3) is 4.93. The lowest BCUT2D eigenvalue weighted by molar-refractivity contribution is -0.136. The topological polar surface area (TPSA) is 65.5 Å². The number of aryl methyl sites for hydroxylation is 2. The Kier molecular flexibility index (Phi) is 6.54. The van der Waals surface area contributed by atoms with Crippen molar-refractivity contribution >= 4 is 23.6 Å². The molecule has 1 aromatic carbocycles. The number of nitrogens with zero attached hydrogens (tertiary/aromatic N) is 2. The Hall–Kier alpha value is -2.05. The number of benzene rings is 1. The van der Waals surface area contributed by atoms with Crippen LogP contribution in [0.5, 0.6) is 0 Å². The van der Waals surface area contributed by atoms with Crippen LogP contribution >= 0.6 is 11.9 Å². The lowest BCUT2D eigenvalue weighted by atomic mass is 9.82. The number of nitrogens with one attached hydrogen (secondary N) is 1. The van der Waals surface area contributed by atoms with Gasteiger partial charge in [0.1, 0.15) is 0 Å². The molecule has 2 N–H and O–H groups in total. The highest BCUT2D eigenvalue weighted by molar-refractivity contribution is 7.97. The molecule has 0 saturated carbocycles. The Labute approximate surface area is 178 Å². The number of piperidine rings is 1. The molecule has 6 heteroatoms. The van der Waals surface area contributed by atoms with Gasteiger partial charge in [0, 0.05) is 40.5 Å². The van der Waals surface area contributed by atoms with Crippen molar-refractivity contribution in [2.45, 2.75) is 51.9 Å². The number of carboxylic acids is 1. The second-order valence-corrected chi connectivity index (χ2v) is 9.62. The lowest BCUT2D eigenvalue weighted by Gasteiger charge is -2.40. The van der Waals surface area contributed by atoms with Gasteiger partial charge in [0.15, 0.2) is 0 Å². The van der Waals surface area contributed by atoms with E-state index < -0.39 is 5.97 Å². The van der Waals surface area contributed by atoms with E-state index in [4.69, 9.17) is 4.98 Å². The first-order chi connectivity index (χ1) is 13.7. The van der Waals surface area contributed by atoms with Gasteiger partial charge in [0.25, 0.3) is 0 Å². The van der Waals surface area contributed by atoms with Crippen LogP contribution in [0.1, 0.15) is 43.6 Å². The average Bonchev–Trinajstić information content (AvgIpc) is 2.65. The van der Waals surface area contributed by atoms with Crippen molar-refractivity contribution in [2.24, 2.45) is 5.41 Å². The standard InChI is InChI=1S/C23H31N3O2S/c1-15-19(14-20(27)28)22(26-12-10-23(3,4)11-13-26)21(16(2)25-15)17-6-8-18(9-7-17)29-24-5/h6-9,24H,10-14H2,1-5H3,(H,27,28). The number of pyridine rings is 1.